The third-order valence-electron chi connectivity index (χ3n) is 5.52. The first-order chi connectivity index (χ1) is 16.3. The second-order valence-electron chi connectivity index (χ2n) is 8.14. The molecule has 0 spiro atoms. The molecule has 9 heteroatoms. The highest BCUT2D eigenvalue weighted by molar-refractivity contribution is 7.22. The van der Waals surface area contributed by atoms with Crippen molar-refractivity contribution in [3.05, 3.63) is 82.2 Å². The van der Waals surface area contributed by atoms with Crippen LogP contribution in [0.25, 0.3) is 32.0 Å². The highest BCUT2D eigenvalue weighted by atomic mass is 32.1. The SMILES string of the molecule is CN(C)CCN(C(=O)c1cc2c(ccc3ccccc32)oc1=O)c1nc2c(F)cc(F)cc2s1. The number of likely N-dealkylation sites (N-methyl/N-ethyl adjacent to an activating group) is 1. The molecule has 0 unspecified atom stereocenters. The van der Waals surface area contributed by atoms with Gasteiger partial charge < -0.3 is 9.32 Å². The van der Waals surface area contributed by atoms with Gasteiger partial charge >= 0.3 is 5.63 Å². The van der Waals surface area contributed by atoms with E-state index in [1.54, 1.807) is 6.07 Å². The molecule has 5 aromatic rings. The Hall–Kier alpha value is -3.69. The maximum Gasteiger partial charge on any atom is 0.349 e. The number of anilines is 1. The molecule has 0 atom stereocenters. The van der Waals surface area contributed by atoms with E-state index in [0.717, 1.165) is 28.2 Å². The smallest absolute Gasteiger partial charge is 0.349 e. The molecule has 0 aliphatic rings. The van der Waals surface area contributed by atoms with Gasteiger partial charge in [-0.3, -0.25) is 9.69 Å². The number of hydrogen-bond donors (Lipinski definition) is 0. The second kappa shape index (κ2) is 8.58. The van der Waals surface area contributed by atoms with Gasteiger partial charge in [0.05, 0.1) is 4.70 Å². The Bertz CT molecular complexity index is 1630. The Morgan fingerprint density at radius 2 is 1.82 bits per heavy atom. The largest absolute Gasteiger partial charge is 0.422 e. The van der Waals surface area contributed by atoms with Crippen molar-refractivity contribution in [2.75, 3.05) is 32.1 Å². The van der Waals surface area contributed by atoms with Gasteiger partial charge in [0.2, 0.25) is 0 Å². The number of rotatable bonds is 5. The van der Waals surface area contributed by atoms with Gasteiger partial charge in [-0.1, -0.05) is 41.7 Å². The maximum absolute atomic E-state index is 14.3. The van der Waals surface area contributed by atoms with E-state index in [9.17, 15) is 18.4 Å². The van der Waals surface area contributed by atoms with Crippen molar-refractivity contribution in [1.29, 1.82) is 0 Å². The molecular weight excluding hydrogens is 460 g/mol. The molecule has 0 saturated heterocycles. The van der Waals surface area contributed by atoms with Crippen molar-refractivity contribution in [3.8, 4) is 0 Å². The zero-order valence-electron chi connectivity index (χ0n) is 18.3. The summed E-state index contributed by atoms with van der Waals surface area (Å²) in [4.78, 5) is 33.9. The van der Waals surface area contributed by atoms with Crippen LogP contribution in [0.4, 0.5) is 13.9 Å². The quantitative estimate of drug-likeness (QED) is 0.261. The third-order valence-corrected chi connectivity index (χ3v) is 6.55. The van der Waals surface area contributed by atoms with Gasteiger partial charge in [0.15, 0.2) is 10.9 Å². The number of benzene rings is 3. The van der Waals surface area contributed by atoms with Crippen LogP contribution >= 0.6 is 11.3 Å². The van der Waals surface area contributed by atoms with Crippen LogP contribution in [-0.2, 0) is 0 Å². The normalized spacial score (nSPS) is 11.7. The molecule has 0 aliphatic carbocycles. The van der Waals surface area contributed by atoms with Gasteiger partial charge in [-0.15, -0.1) is 0 Å². The fourth-order valence-electron chi connectivity index (χ4n) is 3.81. The average molecular weight is 480 g/mol. The van der Waals surface area contributed by atoms with Gasteiger partial charge in [-0.2, -0.15) is 0 Å². The highest BCUT2D eigenvalue weighted by Crippen LogP contribution is 2.32. The van der Waals surface area contributed by atoms with E-state index in [-0.39, 0.29) is 27.5 Å². The number of carbonyl (C=O) groups excluding carboxylic acids is 1. The molecule has 0 bridgehead atoms. The standard InChI is InChI=1S/C25H19F2N3O3S/c1-29(2)9-10-30(25-28-22-19(27)11-15(26)12-21(22)34-25)23(31)18-13-17-16-6-4-3-5-14(16)7-8-20(17)33-24(18)32/h3-8,11-13H,9-10H2,1-2H3. The van der Waals surface area contributed by atoms with Gasteiger partial charge in [-0.25, -0.2) is 18.6 Å². The molecule has 1 amide bonds. The number of carbonyl (C=O) groups is 1. The molecule has 5 rings (SSSR count). The number of halogens is 2. The van der Waals surface area contributed by atoms with Crippen LogP contribution in [0.3, 0.4) is 0 Å². The van der Waals surface area contributed by atoms with Crippen LogP contribution in [0.2, 0.25) is 0 Å². The van der Waals surface area contributed by atoms with Crippen molar-refractivity contribution >= 4 is 54.3 Å². The van der Waals surface area contributed by atoms with E-state index in [4.69, 9.17) is 4.42 Å². The average Bonchev–Trinajstić information content (AvgIpc) is 3.22. The van der Waals surface area contributed by atoms with Gasteiger partial charge in [0.25, 0.3) is 5.91 Å². The molecule has 2 aromatic heterocycles. The molecular formula is C25H19F2N3O3S. The summed E-state index contributed by atoms with van der Waals surface area (Å²) in [6, 6.07) is 14.6. The van der Waals surface area contributed by atoms with Crippen LogP contribution in [0.15, 0.2) is 63.8 Å². The summed E-state index contributed by atoms with van der Waals surface area (Å²) in [5, 5.41) is 2.58. The number of fused-ring (bicyclic) bond motifs is 4. The summed E-state index contributed by atoms with van der Waals surface area (Å²) in [5.74, 6) is -2.16. The van der Waals surface area contributed by atoms with Crippen LogP contribution < -0.4 is 10.5 Å². The molecule has 0 saturated carbocycles. The number of hydrogen-bond acceptors (Lipinski definition) is 6. The first kappa shape index (κ1) is 22.1. The molecule has 0 radical (unpaired) electrons. The number of amides is 1. The monoisotopic (exact) mass is 479 g/mol. The van der Waals surface area contributed by atoms with Crippen molar-refractivity contribution in [1.82, 2.24) is 9.88 Å². The van der Waals surface area contributed by atoms with Crippen LogP contribution in [-0.4, -0.2) is 43.0 Å². The van der Waals surface area contributed by atoms with Crippen LogP contribution in [0.5, 0.6) is 0 Å². The van der Waals surface area contributed by atoms with E-state index in [0.29, 0.717) is 17.5 Å². The zero-order valence-corrected chi connectivity index (χ0v) is 19.2. The molecule has 0 N–H and O–H groups in total. The minimum absolute atomic E-state index is 0.0272. The lowest BCUT2D eigenvalue weighted by atomic mass is 10.0. The Morgan fingerprint density at radius 3 is 2.62 bits per heavy atom. The third kappa shape index (κ3) is 3.93. The fraction of sp³-hybridized carbons (Fsp3) is 0.160. The van der Waals surface area contributed by atoms with E-state index in [1.807, 2.05) is 49.3 Å². The number of thiazole rings is 1. The summed E-state index contributed by atoms with van der Waals surface area (Å²) in [6.07, 6.45) is 0. The maximum atomic E-state index is 14.3. The van der Waals surface area contributed by atoms with E-state index < -0.39 is 23.2 Å². The van der Waals surface area contributed by atoms with E-state index in [1.165, 1.54) is 17.0 Å². The Balaban J connectivity index is 1.65. The lowest BCUT2D eigenvalue weighted by Gasteiger charge is -2.21. The minimum Gasteiger partial charge on any atom is -0.422 e. The Morgan fingerprint density at radius 1 is 1.03 bits per heavy atom. The van der Waals surface area contributed by atoms with Gasteiger partial charge in [-0.05, 0) is 43.1 Å². The summed E-state index contributed by atoms with van der Waals surface area (Å²) in [6.45, 7) is 0.642. The first-order valence-corrected chi connectivity index (χ1v) is 11.3. The van der Waals surface area contributed by atoms with Crippen molar-refractivity contribution in [3.63, 3.8) is 0 Å². The number of aromatic nitrogens is 1. The molecule has 0 fully saturated rings. The van der Waals surface area contributed by atoms with Gasteiger partial charge in [0.1, 0.15) is 22.5 Å². The summed E-state index contributed by atoms with van der Waals surface area (Å²) in [5.41, 5.74) is -0.590. The van der Waals surface area contributed by atoms with E-state index in [2.05, 4.69) is 4.98 Å². The van der Waals surface area contributed by atoms with E-state index >= 15 is 0 Å². The summed E-state index contributed by atoms with van der Waals surface area (Å²) < 4.78 is 33.7. The second-order valence-corrected chi connectivity index (χ2v) is 9.15. The number of nitrogens with zero attached hydrogens (tertiary/aromatic N) is 3. The molecule has 3 aromatic carbocycles. The molecule has 0 aliphatic heterocycles. The fourth-order valence-corrected chi connectivity index (χ4v) is 4.84. The summed E-state index contributed by atoms with van der Waals surface area (Å²) >= 11 is 0.983. The predicted molar refractivity (Wildman–Crippen MR) is 130 cm³/mol. The molecule has 34 heavy (non-hydrogen) atoms. The first-order valence-electron chi connectivity index (χ1n) is 10.5. The highest BCUT2D eigenvalue weighted by Gasteiger charge is 2.26. The zero-order chi connectivity index (χ0) is 24.0. The topological polar surface area (TPSA) is 66.7 Å². The van der Waals surface area contributed by atoms with Gasteiger partial charge in [0, 0.05) is 24.5 Å². The predicted octanol–water partition coefficient (Wildman–Crippen LogP) is 5.04. The van der Waals surface area contributed by atoms with Crippen LogP contribution in [0, 0.1) is 11.6 Å². The van der Waals surface area contributed by atoms with Crippen LogP contribution in [0.1, 0.15) is 10.4 Å². The molecule has 172 valence electrons. The van der Waals surface area contributed by atoms with Crippen molar-refractivity contribution in [2.24, 2.45) is 0 Å². The van der Waals surface area contributed by atoms with Crippen molar-refractivity contribution < 1.29 is 18.0 Å². The summed E-state index contributed by atoms with van der Waals surface area (Å²) in [7, 11) is 3.68. The molecule has 2 heterocycles. The Labute approximate surface area is 196 Å². The minimum atomic E-state index is -0.811. The lowest BCUT2D eigenvalue weighted by molar-refractivity contribution is 0.0982. The van der Waals surface area contributed by atoms with Crippen molar-refractivity contribution in [2.45, 2.75) is 0 Å². The molecule has 6 nitrogen and oxygen atoms in total. The lowest BCUT2D eigenvalue weighted by Crippen LogP contribution is -2.38. The Kier molecular flexibility index (Phi) is 5.59.